The zero-order chi connectivity index (χ0) is 20.2. The Hall–Kier alpha value is -1.10. The molecule has 158 valence electrons. The van der Waals surface area contributed by atoms with Gasteiger partial charge in [-0.05, 0) is 32.6 Å². The maximum Gasteiger partial charge on any atom is 0.219 e. The van der Waals surface area contributed by atoms with Crippen LogP contribution in [-0.4, -0.2) is 82.6 Å². The topological polar surface area (TPSA) is 146 Å². The van der Waals surface area contributed by atoms with Crippen LogP contribution in [0, 0.1) is 0 Å². The highest BCUT2D eigenvalue weighted by molar-refractivity contribution is 5.76. The van der Waals surface area contributed by atoms with Crippen LogP contribution >= 0.6 is 0 Å². The second-order valence-electron chi connectivity index (χ2n) is 6.89. The number of ketones is 1. The van der Waals surface area contributed by atoms with E-state index in [0.29, 0.717) is 32.2 Å². The Bertz CT molecular complexity index is 445. The lowest BCUT2D eigenvalue weighted by atomic mass is 9.99. The molecule has 1 saturated heterocycles. The number of aliphatic hydroxyl groups excluding tert-OH is 4. The van der Waals surface area contributed by atoms with Crippen molar-refractivity contribution >= 4 is 11.7 Å². The highest BCUT2D eigenvalue weighted by atomic mass is 16.7. The van der Waals surface area contributed by atoms with Gasteiger partial charge in [-0.25, -0.2) is 0 Å². The lowest BCUT2D eigenvalue weighted by Gasteiger charge is -2.39. The minimum absolute atomic E-state index is 0.0468. The normalized spacial score (nSPS) is 28.1. The van der Waals surface area contributed by atoms with Crippen molar-refractivity contribution in [1.29, 1.82) is 0 Å². The van der Waals surface area contributed by atoms with Gasteiger partial charge in [0.2, 0.25) is 5.91 Å². The summed E-state index contributed by atoms with van der Waals surface area (Å²) >= 11 is 0. The molecule has 5 atom stereocenters. The summed E-state index contributed by atoms with van der Waals surface area (Å²) in [4.78, 5) is 22.5. The van der Waals surface area contributed by atoms with E-state index in [1.807, 2.05) is 0 Å². The molecule has 0 aromatic rings. The van der Waals surface area contributed by atoms with Gasteiger partial charge in [-0.3, -0.25) is 4.79 Å². The van der Waals surface area contributed by atoms with Crippen molar-refractivity contribution in [3.8, 4) is 0 Å². The molecule has 27 heavy (non-hydrogen) atoms. The molecule has 1 rings (SSSR count). The largest absolute Gasteiger partial charge is 0.394 e. The molecule has 0 bridgehead atoms. The molecule has 9 nitrogen and oxygen atoms in total. The van der Waals surface area contributed by atoms with E-state index in [1.54, 1.807) is 6.92 Å². The van der Waals surface area contributed by atoms with Crippen molar-refractivity contribution in [1.82, 2.24) is 5.32 Å². The first-order valence-electron chi connectivity index (χ1n) is 9.55. The number of aliphatic hydroxyl groups is 4. The molecule has 1 aliphatic rings. The third-order valence-electron chi connectivity index (χ3n) is 4.46. The number of rotatable bonds is 13. The van der Waals surface area contributed by atoms with Crippen molar-refractivity contribution in [3.05, 3.63) is 0 Å². The standard InChI is InChI=1S/C18H33NO8/c1-12(21)7-3-2-5-9-19-14(22)8-4-6-10-26-18-17(25)16(24)15(23)13(11-20)27-18/h13,15-18,20,23-25H,2-11H2,1H3,(H,19,22)/t13-,15?,16?,17?,18?/m1/s1. The molecule has 1 heterocycles. The molecular formula is C18H33NO8. The van der Waals surface area contributed by atoms with Crippen LogP contribution in [0.4, 0.5) is 0 Å². The van der Waals surface area contributed by atoms with Crippen LogP contribution in [0.3, 0.4) is 0 Å². The maximum absolute atomic E-state index is 11.7. The smallest absolute Gasteiger partial charge is 0.219 e. The van der Waals surface area contributed by atoms with Crippen LogP contribution in [-0.2, 0) is 19.1 Å². The van der Waals surface area contributed by atoms with Gasteiger partial charge in [-0.15, -0.1) is 0 Å². The molecule has 0 radical (unpaired) electrons. The minimum Gasteiger partial charge on any atom is -0.394 e. The average molecular weight is 391 g/mol. The van der Waals surface area contributed by atoms with E-state index in [0.717, 1.165) is 19.3 Å². The zero-order valence-electron chi connectivity index (χ0n) is 15.9. The summed E-state index contributed by atoms with van der Waals surface area (Å²) < 4.78 is 10.6. The van der Waals surface area contributed by atoms with E-state index in [4.69, 9.17) is 14.6 Å². The SMILES string of the molecule is CC(=O)CCCCCNC(=O)CCCCOC1O[C@H](CO)C(O)C(O)C1O. The van der Waals surface area contributed by atoms with E-state index < -0.39 is 37.3 Å². The number of Topliss-reactive ketones (excluding diaryl/α,β-unsaturated/α-hetero) is 1. The zero-order valence-corrected chi connectivity index (χ0v) is 15.9. The van der Waals surface area contributed by atoms with Crippen molar-refractivity contribution in [2.24, 2.45) is 0 Å². The number of unbranched alkanes of at least 4 members (excludes halogenated alkanes) is 3. The first-order chi connectivity index (χ1) is 12.9. The van der Waals surface area contributed by atoms with Crippen molar-refractivity contribution in [2.45, 2.75) is 82.6 Å². The van der Waals surface area contributed by atoms with E-state index in [1.165, 1.54) is 0 Å². The Morgan fingerprint density at radius 1 is 0.963 bits per heavy atom. The van der Waals surface area contributed by atoms with Gasteiger partial charge in [0, 0.05) is 26.0 Å². The number of carbonyl (C=O) groups is 2. The summed E-state index contributed by atoms with van der Waals surface area (Å²) in [7, 11) is 0. The van der Waals surface area contributed by atoms with E-state index in [2.05, 4.69) is 5.32 Å². The average Bonchev–Trinajstić information content (AvgIpc) is 2.63. The number of ether oxygens (including phenoxy) is 2. The highest BCUT2D eigenvalue weighted by Crippen LogP contribution is 2.22. The second kappa shape index (κ2) is 13.1. The van der Waals surface area contributed by atoms with E-state index in [9.17, 15) is 24.9 Å². The first kappa shape index (κ1) is 23.9. The third kappa shape index (κ3) is 9.09. The number of hydrogen-bond donors (Lipinski definition) is 5. The third-order valence-corrected chi connectivity index (χ3v) is 4.46. The molecule has 5 N–H and O–H groups in total. The molecule has 0 aromatic carbocycles. The first-order valence-corrected chi connectivity index (χ1v) is 9.55. The number of amides is 1. The fraction of sp³-hybridized carbons (Fsp3) is 0.889. The number of carbonyl (C=O) groups excluding carboxylic acids is 2. The number of hydrogen-bond acceptors (Lipinski definition) is 8. The molecule has 0 spiro atoms. The van der Waals surface area contributed by atoms with Gasteiger partial charge in [0.1, 0.15) is 30.2 Å². The Labute approximate surface area is 159 Å². The Kier molecular flexibility index (Phi) is 11.7. The van der Waals surface area contributed by atoms with Crippen molar-refractivity contribution in [3.63, 3.8) is 0 Å². The van der Waals surface area contributed by atoms with Crippen molar-refractivity contribution < 1.29 is 39.5 Å². The molecule has 4 unspecified atom stereocenters. The molecule has 9 heteroatoms. The van der Waals surface area contributed by atoms with Crippen LogP contribution in [0.15, 0.2) is 0 Å². The van der Waals surface area contributed by atoms with Crippen LogP contribution in [0.2, 0.25) is 0 Å². The number of nitrogens with one attached hydrogen (secondary N) is 1. The molecular weight excluding hydrogens is 358 g/mol. The lowest BCUT2D eigenvalue weighted by Crippen LogP contribution is -2.59. The van der Waals surface area contributed by atoms with Gasteiger partial charge in [0.15, 0.2) is 6.29 Å². The predicted molar refractivity (Wildman–Crippen MR) is 95.7 cm³/mol. The van der Waals surface area contributed by atoms with Gasteiger partial charge < -0.3 is 40.0 Å². The van der Waals surface area contributed by atoms with Crippen LogP contribution in [0.5, 0.6) is 0 Å². The van der Waals surface area contributed by atoms with Crippen LogP contribution < -0.4 is 5.32 Å². The van der Waals surface area contributed by atoms with Gasteiger partial charge in [0.05, 0.1) is 6.61 Å². The molecule has 0 aromatic heterocycles. The van der Waals surface area contributed by atoms with Gasteiger partial charge in [-0.1, -0.05) is 6.42 Å². The Balaban J connectivity index is 2.07. The summed E-state index contributed by atoms with van der Waals surface area (Å²) in [6, 6.07) is 0. The minimum atomic E-state index is -1.46. The lowest BCUT2D eigenvalue weighted by molar-refractivity contribution is -0.301. The predicted octanol–water partition coefficient (Wildman–Crippen LogP) is -0.761. The quantitative estimate of drug-likeness (QED) is 0.258. The molecule has 1 aliphatic heterocycles. The molecule has 0 saturated carbocycles. The van der Waals surface area contributed by atoms with Gasteiger partial charge in [0.25, 0.3) is 0 Å². The molecule has 0 aliphatic carbocycles. The van der Waals surface area contributed by atoms with Crippen LogP contribution in [0.25, 0.3) is 0 Å². The molecule has 1 amide bonds. The highest BCUT2D eigenvalue weighted by Gasteiger charge is 2.43. The summed E-state index contributed by atoms with van der Waals surface area (Å²) in [5.74, 6) is 0.138. The second-order valence-corrected chi connectivity index (χ2v) is 6.89. The summed E-state index contributed by atoms with van der Waals surface area (Å²) in [6.45, 7) is 1.88. The molecule has 1 fully saturated rings. The Morgan fingerprint density at radius 2 is 1.67 bits per heavy atom. The van der Waals surface area contributed by atoms with Gasteiger partial charge >= 0.3 is 0 Å². The van der Waals surface area contributed by atoms with Crippen LogP contribution in [0.1, 0.15) is 51.9 Å². The summed E-state index contributed by atoms with van der Waals surface area (Å²) in [6.07, 6.45) is -1.71. The summed E-state index contributed by atoms with van der Waals surface area (Å²) in [5, 5.41) is 41.1. The van der Waals surface area contributed by atoms with E-state index in [-0.39, 0.29) is 18.3 Å². The fourth-order valence-electron chi connectivity index (χ4n) is 2.78. The monoisotopic (exact) mass is 391 g/mol. The van der Waals surface area contributed by atoms with E-state index >= 15 is 0 Å². The summed E-state index contributed by atoms with van der Waals surface area (Å²) in [5.41, 5.74) is 0. The van der Waals surface area contributed by atoms with Crippen molar-refractivity contribution in [2.75, 3.05) is 19.8 Å². The Morgan fingerprint density at radius 3 is 2.33 bits per heavy atom. The van der Waals surface area contributed by atoms with Gasteiger partial charge in [-0.2, -0.15) is 0 Å². The maximum atomic E-state index is 11.7. The fourth-order valence-corrected chi connectivity index (χ4v) is 2.78.